The fourth-order valence-corrected chi connectivity index (χ4v) is 3.84. The summed E-state index contributed by atoms with van der Waals surface area (Å²) in [5, 5.41) is 2.91. The highest BCUT2D eigenvalue weighted by atomic mass is 16.2. The van der Waals surface area contributed by atoms with Gasteiger partial charge in [-0.2, -0.15) is 0 Å². The summed E-state index contributed by atoms with van der Waals surface area (Å²) in [7, 11) is 0. The van der Waals surface area contributed by atoms with Gasteiger partial charge in [0, 0.05) is 12.3 Å². The van der Waals surface area contributed by atoms with Crippen molar-refractivity contribution in [2.45, 2.75) is 50.6 Å². The zero-order valence-corrected chi connectivity index (χ0v) is 13.9. The number of imide groups is 1. The lowest BCUT2D eigenvalue weighted by Crippen LogP contribution is -2.46. The number of hydrogen-bond donors (Lipinski definition) is 1. The van der Waals surface area contributed by atoms with Crippen molar-refractivity contribution in [2.24, 2.45) is 0 Å². The van der Waals surface area contributed by atoms with E-state index in [0.29, 0.717) is 24.2 Å². The third-order valence-corrected chi connectivity index (χ3v) is 5.15. The Morgan fingerprint density at radius 3 is 2.60 bits per heavy atom. The van der Waals surface area contributed by atoms with E-state index >= 15 is 0 Å². The lowest BCUT2D eigenvalue weighted by Gasteiger charge is -2.24. The number of aromatic nitrogens is 2. The highest BCUT2D eigenvalue weighted by Crippen LogP contribution is 2.33. The van der Waals surface area contributed by atoms with E-state index < -0.39 is 5.54 Å². The number of amides is 3. The molecular weight excluding hydrogens is 320 g/mol. The Labute approximate surface area is 144 Å². The molecule has 0 unspecified atom stereocenters. The van der Waals surface area contributed by atoms with E-state index in [1.54, 1.807) is 24.4 Å². The van der Waals surface area contributed by atoms with Gasteiger partial charge in [-0.25, -0.2) is 9.78 Å². The van der Waals surface area contributed by atoms with Crippen LogP contribution in [0, 0.1) is 0 Å². The minimum Gasteiger partial charge on any atom is -0.323 e. The quantitative estimate of drug-likeness (QED) is 0.846. The van der Waals surface area contributed by atoms with Gasteiger partial charge >= 0.3 is 6.03 Å². The SMILES string of the molecule is O=C1NC2(CCCCCC2)C(=O)N1Cc1cc(=O)n2ccccc2n1. The van der Waals surface area contributed by atoms with E-state index in [-0.39, 0.29) is 24.0 Å². The van der Waals surface area contributed by atoms with Crippen molar-refractivity contribution in [1.29, 1.82) is 0 Å². The molecular formula is C18H20N4O3. The molecule has 1 aliphatic carbocycles. The molecule has 1 aliphatic heterocycles. The van der Waals surface area contributed by atoms with Crippen LogP contribution in [-0.4, -0.2) is 31.8 Å². The molecule has 1 spiro atoms. The molecule has 2 fully saturated rings. The van der Waals surface area contributed by atoms with Gasteiger partial charge in [0.15, 0.2) is 0 Å². The molecule has 3 amide bonds. The third kappa shape index (κ3) is 2.69. The maximum absolute atomic E-state index is 12.9. The molecule has 3 heterocycles. The summed E-state index contributed by atoms with van der Waals surface area (Å²) in [5.41, 5.74) is -0.0668. The minimum atomic E-state index is -0.764. The Hall–Kier alpha value is -2.70. The van der Waals surface area contributed by atoms with Crippen molar-refractivity contribution in [2.75, 3.05) is 0 Å². The Kier molecular flexibility index (Phi) is 3.78. The molecule has 7 nitrogen and oxygen atoms in total. The van der Waals surface area contributed by atoms with Gasteiger partial charge in [0.1, 0.15) is 11.2 Å². The van der Waals surface area contributed by atoms with Gasteiger partial charge in [0.05, 0.1) is 12.2 Å². The van der Waals surface area contributed by atoms with Gasteiger partial charge in [0.25, 0.3) is 11.5 Å². The average Bonchev–Trinajstić information content (AvgIpc) is 2.77. The summed E-state index contributed by atoms with van der Waals surface area (Å²) in [4.78, 5) is 43.1. The summed E-state index contributed by atoms with van der Waals surface area (Å²) in [6.45, 7) is 0.0209. The summed E-state index contributed by atoms with van der Waals surface area (Å²) < 4.78 is 1.43. The summed E-state index contributed by atoms with van der Waals surface area (Å²) in [6.07, 6.45) is 7.07. The molecule has 1 N–H and O–H groups in total. The number of hydrogen-bond acceptors (Lipinski definition) is 4. The van der Waals surface area contributed by atoms with E-state index in [1.807, 2.05) is 0 Å². The molecule has 1 saturated carbocycles. The monoisotopic (exact) mass is 340 g/mol. The number of carbonyl (C=O) groups excluding carboxylic acids is 2. The van der Waals surface area contributed by atoms with Gasteiger partial charge in [-0.1, -0.05) is 31.7 Å². The second kappa shape index (κ2) is 5.98. The molecule has 0 bridgehead atoms. The lowest BCUT2D eigenvalue weighted by molar-refractivity contribution is -0.132. The maximum Gasteiger partial charge on any atom is 0.325 e. The third-order valence-electron chi connectivity index (χ3n) is 5.15. The van der Waals surface area contributed by atoms with Crippen molar-refractivity contribution < 1.29 is 9.59 Å². The highest BCUT2D eigenvalue weighted by Gasteiger charge is 2.50. The smallest absolute Gasteiger partial charge is 0.323 e. The first-order valence-corrected chi connectivity index (χ1v) is 8.71. The number of nitrogens with one attached hydrogen (secondary N) is 1. The average molecular weight is 340 g/mol. The van der Waals surface area contributed by atoms with Gasteiger partial charge in [-0.05, 0) is 25.0 Å². The Balaban J connectivity index is 1.63. The lowest BCUT2D eigenvalue weighted by atomic mass is 9.90. The molecule has 2 aromatic rings. The maximum atomic E-state index is 12.9. The zero-order chi connectivity index (χ0) is 17.4. The van der Waals surface area contributed by atoms with E-state index in [4.69, 9.17) is 0 Å². The summed E-state index contributed by atoms with van der Waals surface area (Å²) in [5.74, 6) is -0.186. The van der Waals surface area contributed by atoms with Crippen LogP contribution in [0.1, 0.15) is 44.2 Å². The van der Waals surface area contributed by atoms with Crippen LogP contribution in [0.4, 0.5) is 4.79 Å². The second-order valence-corrected chi connectivity index (χ2v) is 6.83. The minimum absolute atomic E-state index is 0.0209. The molecule has 0 aromatic carbocycles. The number of pyridine rings is 1. The van der Waals surface area contributed by atoms with Crippen LogP contribution < -0.4 is 10.9 Å². The van der Waals surface area contributed by atoms with Gasteiger partial charge < -0.3 is 5.32 Å². The van der Waals surface area contributed by atoms with E-state index in [2.05, 4.69) is 10.3 Å². The molecule has 1 saturated heterocycles. The van der Waals surface area contributed by atoms with E-state index in [9.17, 15) is 14.4 Å². The molecule has 7 heteroatoms. The second-order valence-electron chi connectivity index (χ2n) is 6.83. The van der Waals surface area contributed by atoms with Crippen LogP contribution in [0.3, 0.4) is 0 Å². The van der Waals surface area contributed by atoms with Crippen molar-refractivity contribution in [3.05, 3.63) is 46.5 Å². The van der Waals surface area contributed by atoms with Crippen LogP contribution in [0.25, 0.3) is 5.65 Å². The summed E-state index contributed by atoms with van der Waals surface area (Å²) in [6, 6.07) is 6.26. The molecule has 2 aromatic heterocycles. The van der Waals surface area contributed by atoms with Crippen molar-refractivity contribution in [1.82, 2.24) is 19.6 Å². The molecule has 130 valence electrons. The number of fused-ring (bicyclic) bond motifs is 1. The number of nitrogens with zero attached hydrogens (tertiary/aromatic N) is 3. The normalized spacial score (nSPS) is 20.1. The fraction of sp³-hybridized carbons (Fsp3) is 0.444. The molecule has 0 radical (unpaired) electrons. The topological polar surface area (TPSA) is 83.8 Å². The predicted octanol–water partition coefficient (Wildman–Crippen LogP) is 1.84. The molecule has 2 aliphatic rings. The van der Waals surface area contributed by atoms with Crippen molar-refractivity contribution in [3.63, 3.8) is 0 Å². The van der Waals surface area contributed by atoms with Crippen molar-refractivity contribution in [3.8, 4) is 0 Å². The van der Waals surface area contributed by atoms with Crippen LogP contribution in [-0.2, 0) is 11.3 Å². The molecule has 25 heavy (non-hydrogen) atoms. The zero-order valence-electron chi connectivity index (χ0n) is 13.9. The van der Waals surface area contributed by atoms with Gasteiger partial charge in [-0.15, -0.1) is 0 Å². The number of rotatable bonds is 2. The van der Waals surface area contributed by atoms with E-state index in [0.717, 1.165) is 25.7 Å². The largest absolute Gasteiger partial charge is 0.325 e. The summed E-state index contributed by atoms with van der Waals surface area (Å²) >= 11 is 0. The first-order valence-electron chi connectivity index (χ1n) is 8.71. The fourth-order valence-electron chi connectivity index (χ4n) is 3.84. The van der Waals surface area contributed by atoms with Crippen molar-refractivity contribution >= 4 is 17.6 Å². The first kappa shape index (κ1) is 15.8. The molecule has 4 rings (SSSR count). The van der Waals surface area contributed by atoms with E-state index in [1.165, 1.54) is 15.4 Å². The number of urea groups is 1. The van der Waals surface area contributed by atoms with Crippen LogP contribution >= 0.6 is 0 Å². The molecule has 0 atom stereocenters. The van der Waals surface area contributed by atoms with Crippen LogP contribution in [0.15, 0.2) is 35.3 Å². The van der Waals surface area contributed by atoms with Crippen LogP contribution in [0.5, 0.6) is 0 Å². The van der Waals surface area contributed by atoms with Crippen LogP contribution in [0.2, 0.25) is 0 Å². The first-order chi connectivity index (χ1) is 12.1. The standard InChI is InChI=1S/C18H20N4O3/c23-15-11-13(19-14-7-3-6-10-21(14)15)12-22-16(24)18(20-17(22)25)8-4-1-2-5-9-18/h3,6-7,10-11H,1-2,4-5,8-9,12H2,(H,20,25). The Morgan fingerprint density at radius 2 is 1.84 bits per heavy atom. The Bertz CT molecular complexity index is 897. The highest BCUT2D eigenvalue weighted by molar-refractivity contribution is 6.06. The van der Waals surface area contributed by atoms with Gasteiger partial charge in [-0.3, -0.25) is 18.9 Å². The number of carbonyl (C=O) groups is 2. The Morgan fingerprint density at radius 1 is 1.08 bits per heavy atom. The predicted molar refractivity (Wildman–Crippen MR) is 91.0 cm³/mol. The van der Waals surface area contributed by atoms with Gasteiger partial charge in [0.2, 0.25) is 0 Å².